The van der Waals surface area contributed by atoms with E-state index in [9.17, 15) is 4.79 Å². The Bertz CT molecular complexity index is 528. The van der Waals surface area contributed by atoms with Gasteiger partial charge in [-0.3, -0.25) is 0 Å². The van der Waals surface area contributed by atoms with Crippen LogP contribution in [0.4, 0.5) is 10.5 Å². The molecule has 0 spiro atoms. The van der Waals surface area contributed by atoms with Crippen molar-refractivity contribution >= 4 is 11.7 Å². The van der Waals surface area contributed by atoms with Gasteiger partial charge in [-0.15, -0.1) is 0 Å². The number of carbonyl (C=O) groups is 1. The van der Waals surface area contributed by atoms with Crippen molar-refractivity contribution in [1.82, 2.24) is 5.32 Å². The fourth-order valence-electron chi connectivity index (χ4n) is 2.33. The molecule has 0 aromatic heterocycles. The molecule has 3 heteroatoms. The van der Waals surface area contributed by atoms with Gasteiger partial charge in [0.15, 0.2) is 0 Å². The zero-order valence-corrected chi connectivity index (χ0v) is 12.8. The van der Waals surface area contributed by atoms with Crippen LogP contribution < -0.4 is 10.6 Å². The van der Waals surface area contributed by atoms with Crippen molar-refractivity contribution < 1.29 is 4.79 Å². The summed E-state index contributed by atoms with van der Waals surface area (Å²) in [7, 11) is 0. The first-order chi connectivity index (χ1) is 9.49. The predicted octanol–water partition coefficient (Wildman–Crippen LogP) is 4.55. The highest BCUT2D eigenvalue weighted by atomic mass is 16.2. The van der Waals surface area contributed by atoms with E-state index < -0.39 is 0 Å². The zero-order valence-electron chi connectivity index (χ0n) is 12.8. The smallest absolute Gasteiger partial charge is 0.314 e. The molecule has 0 aliphatic heterocycles. The number of hydrogen-bond donors (Lipinski definition) is 2. The SMILES string of the molecule is C/C(=C\NC(=O)Nc1c(C)cccc1C(C)C)C1CC1. The summed E-state index contributed by atoms with van der Waals surface area (Å²) in [5, 5.41) is 5.81. The number of carbonyl (C=O) groups excluding carboxylic acids is 1. The topological polar surface area (TPSA) is 41.1 Å². The maximum atomic E-state index is 12.0. The monoisotopic (exact) mass is 272 g/mol. The average Bonchev–Trinajstić information content (AvgIpc) is 3.22. The van der Waals surface area contributed by atoms with Crippen molar-refractivity contribution in [3.63, 3.8) is 0 Å². The van der Waals surface area contributed by atoms with Gasteiger partial charge in [-0.1, -0.05) is 37.6 Å². The van der Waals surface area contributed by atoms with Crippen LogP contribution >= 0.6 is 0 Å². The lowest BCUT2D eigenvalue weighted by atomic mass is 9.98. The lowest BCUT2D eigenvalue weighted by molar-refractivity contribution is 0.255. The number of anilines is 1. The lowest BCUT2D eigenvalue weighted by Gasteiger charge is -2.16. The second-order valence-electron chi connectivity index (χ2n) is 5.95. The Morgan fingerprint density at radius 1 is 1.35 bits per heavy atom. The molecule has 2 N–H and O–H groups in total. The number of benzene rings is 1. The number of allylic oxidation sites excluding steroid dienone is 1. The summed E-state index contributed by atoms with van der Waals surface area (Å²) in [5.41, 5.74) is 4.45. The molecule has 0 radical (unpaired) electrons. The number of aryl methyl sites for hydroxylation is 1. The van der Waals surface area contributed by atoms with Crippen LogP contribution in [0.3, 0.4) is 0 Å². The van der Waals surface area contributed by atoms with Gasteiger partial charge in [0.25, 0.3) is 0 Å². The van der Waals surface area contributed by atoms with Crippen LogP contribution in [0.5, 0.6) is 0 Å². The number of nitrogens with one attached hydrogen (secondary N) is 2. The largest absolute Gasteiger partial charge is 0.323 e. The van der Waals surface area contributed by atoms with Crippen molar-refractivity contribution in [3.05, 3.63) is 41.1 Å². The van der Waals surface area contributed by atoms with E-state index in [0.29, 0.717) is 11.8 Å². The highest BCUT2D eigenvalue weighted by Crippen LogP contribution is 2.35. The Balaban J connectivity index is 2.05. The quantitative estimate of drug-likeness (QED) is 0.829. The van der Waals surface area contributed by atoms with E-state index in [1.165, 1.54) is 24.0 Å². The van der Waals surface area contributed by atoms with E-state index in [4.69, 9.17) is 0 Å². The van der Waals surface area contributed by atoms with Gasteiger partial charge in [-0.2, -0.15) is 0 Å². The number of amides is 2. The molecule has 2 amide bonds. The Labute approximate surface area is 121 Å². The second kappa shape index (κ2) is 6.12. The summed E-state index contributed by atoms with van der Waals surface area (Å²) in [4.78, 5) is 12.0. The minimum Gasteiger partial charge on any atom is -0.314 e. The molecule has 0 saturated heterocycles. The third-order valence-corrected chi connectivity index (χ3v) is 3.82. The van der Waals surface area contributed by atoms with Gasteiger partial charge in [0, 0.05) is 11.9 Å². The predicted molar refractivity (Wildman–Crippen MR) is 83.9 cm³/mol. The average molecular weight is 272 g/mol. The highest BCUT2D eigenvalue weighted by molar-refractivity contribution is 5.91. The standard InChI is InChI=1S/C17H24N2O/c1-11(2)15-7-5-6-12(3)16(15)19-17(20)18-10-13(4)14-8-9-14/h5-7,10-11,14H,8-9H2,1-4H3,(H2,18,19,20)/b13-10+. The summed E-state index contributed by atoms with van der Waals surface area (Å²) in [6.07, 6.45) is 4.34. The first kappa shape index (κ1) is 14.6. The van der Waals surface area contributed by atoms with Crippen molar-refractivity contribution in [2.75, 3.05) is 5.32 Å². The molecule has 108 valence electrons. The van der Waals surface area contributed by atoms with Crippen LogP contribution in [0.25, 0.3) is 0 Å². The summed E-state index contributed by atoms with van der Waals surface area (Å²) >= 11 is 0. The maximum absolute atomic E-state index is 12.0. The van der Waals surface area contributed by atoms with Crippen LogP contribution in [0.1, 0.15) is 50.7 Å². The summed E-state index contributed by atoms with van der Waals surface area (Å²) in [6.45, 7) is 8.36. The van der Waals surface area contributed by atoms with Gasteiger partial charge in [-0.25, -0.2) is 4.79 Å². The highest BCUT2D eigenvalue weighted by Gasteiger charge is 2.22. The minimum atomic E-state index is -0.166. The van der Waals surface area contributed by atoms with E-state index in [-0.39, 0.29) is 6.03 Å². The Morgan fingerprint density at radius 2 is 2.05 bits per heavy atom. The molecule has 20 heavy (non-hydrogen) atoms. The molecular formula is C17H24N2O. The van der Waals surface area contributed by atoms with Gasteiger partial charge in [0.2, 0.25) is 0 Å². The van der Waals surface area contributed by atoms with E-state index in [1.54, 1.807) is 0 Å². The Morgan fingerprint density at radius 3 is 2.65 bits per heavy atom. The summed E-state index contributed by atoms with van der Waals surface area (Å²) in [5.74, 6) is 1.06. The Kier molecular flexibility index (Phi) is 4.48. The van der Waals surface area contributed by atoms with E-state index in [1.807, 2.05) is 25.3 Å². The molecule has 0 bridgehead atoms. The number of urea groups is 1. The molecule has 2 rings (SSSR count). The molecule has 1 aromatic rings. The summed E-state index contributed by atoms with van der Waals surface area (Å²) < 4.78 is 0. The maximum Gasteiger partial charge on any atom is 0.323 e. The molecule has 1 saturated carbocycles. The van der Waals surface area contributed by atoms with Crippen molar-refractivity contribution in [2.24, 2.45) is 5.92 Å². The van der Waals surface area contributed by atoms with Crippen LogP contribution in [-0.4, -0.2) is 6.03 Å². The lowest BCUT2D eigenvalue weighted by Crippen LogP contribution is -2.25. The molecule has 0 heterocycles. The third-order valence-electron chi connectivity index (χ3n) is 3.82. The molecule has 1 aromatic carbocycles. The van der Waals surface area contributed by atoms with Gasteiger partial charge in [-0.05, 0) is 49.7 Å². The van der Waals surface area contributed by atoms with Crippen LogP contribution in [-0.2, 0) is 0 Å². The van der Waals surface area contributed by atoms with Gasteiger partial charge in [0.1, 0.15) is 0 Å². The normalized spacial score (nSPS) is 15.3. The van der Waals surface area contributed by atoms with Crippen LogP contribution in [0, 0.1) is 12.8 Å². The van der Waals surface area contributed by atoms with Crippen LogP contribution in [0.15, 0.2) is 30.0 Å². The van der Waals surface area contributed by atoms with Gasteiger partial charge in [0.05, 0.1) is 0 Å². The zero-order chi connectivity index (χ0) is 14.7. The van der Waals surface area contributed by atoms with Gasteiger partial charge >= 0.3 is 6.03 Å². The third kappa shape index (κ3) is 3.62. The van der Waals surface area contributed by atoms with Gasteiger partial charge < -0.3 is 10.6 Å². The Hall–Kier alpha value is -1.77. The van der Waals surface area contributed by atoms with Crippen molar-refractivity contribution in [3.8, 4) is 0 Å². The molecule has 1 fully saturated rings. The first-order valence-corrected chi connectivity index (χ1v) is 7.32. The number of rotatable bonds is 4. The fraction of sp³-hybridized carbons (Fsp3) is 0.471. The van der Waals surface area contributed by atoms with Crippen LogP contribution in [0.2, 0.25) is 0 Å². The summed E-state index contributed by atoms with van der Waals surface area (Å²) in [6, 6.07) is 5.96. The number of hydrogen-bond acceptors (Lipinski definition) is 1. The number of para-hydroxylation sites is 1. The van der Waals surface area contributed by atoms with E-state index in [2.05, 4.69) is 37.5 Å². The molecule has 0 atom stereocenters. The first-order valence-electron chi connectivity index (χ1n) is 7.32. The van der Waals surface area contributed by atoms with Crippen molar-refractivity contribution in [2.45, 2.75) is 46.5 Å². The molecule has 1 aliphatic carbocycles. The molecular weight excluding hydrogens is 248 g/mol. The van der Waals surface area contributed by atoms with E-state index in [0.717, 1.165) is 11.3 Å². The fourth-order valence-corrected chi connectivity index (χ4v) is 2.33. The molecule has 3 nitrogen and oxygen atoms in total. The second-order valence-corrected chi connectivity index (χ2v) is 5.95. The molecule has 1 aliphatic rings. The van der Waals surface area contributed by atoms with E-state index >= 15 is 0 Å². The molecule has 0 unspecified atom stereocenters. The van der Waals surface area contributed by atoms with Crippen molar-refractivity contribution in [1.29, 1.82) is 0 Å². The minimum absolute atomic E-state index is 0.166.